The molecule has 0 saturated carbocycles. The summed E-state index contributed by atoms with van der Waals surface area (Å²) in [5.41, 5.74) is -0.834. The molecule has 1 aromatic carbocycles. The van der Waals surface area contributed by atoms with E-state index in [-0.39, 0.29) is 0 Å². The van der Waals surface area contributed by atoms with Crippen molar-refractivity contribution in [2.45, 2.75) is 0 Å². The molecule has 5 N–H and O–H groups in total. The number of rotatable bonds is 2. The molecule has 0 radical (unpaired) electrons. The van der Waals surface area contributed by atoms with Gasteiger partial charge in [-0.2, -0.15) is 0 Å². The van der Waals surface area contributed by atoms with Crippen LogP contribution < -0.4 is 0 Å². The Hall–Kier alpha value is -2.12. The van der Waals surface area contributed by atoms with Gasteiger partial charge in [0.25, 0.3) is 0 Å². The summed E-state index contributed by atoms with van der Waals surface area (Å²) in [6.07, 6.45) is 0. The fraction of sp³-hybridized carbons (Fsp3) is 0.111. The van der Waals surface area contributed by atoms with Gasteiger partial charge in [-0.1, -0.05) is 6.07 Å². The molecule has 0 amide bonds. The summed E-state index contributed by atoms with van der Waals surface area (Å²) in [5.74, 6) is -3.44. The van der Waals surface area contributed by atoms with Crippen LogP contribution in [0, 0.1) is 0 Å². The number of hydrogen-bond acceptors (Lipinski definition) is 5. The van der Waals surface area contributed by atoms with Gasteiger partial charge in [0.1, 0.15) is 23.7 Å². The van der Waals surface area contributed by atoms with Gasteiger partial charge in [0, 0.05) is 0 Å². The first-order chi connectivity index (χ1) is 7.45. The number of para-hydroxylation sites is 1. The number of carboxylic acid groups (broad SMARTS) is 2. The third-order valence-corrected chi connectivity index (χ3v) is 1.50. The molecule has 0 heterocycles. The lowest BCUT2D eigenvalue weighted by atomic mass is 10.1. The maximum absolute atomic E-state index is 10.4. The van der Waals surface area contributed by atoms with Gasteiger partial charge in [-0.05, 0) is 12.1 Å². The van der Waals surface area contributed by atoms with E-state index in [0.717, 1.165) is 12.1 Å². The molecule has 7 heteroatoms. The van der Waals surface area contributed by atoms with Crippen LogP contribution in [-0.4, -0.2) is 44.3 Å². The van der Waals surface area contributed by atoms with Crippen molar-refractivity contribution in [2.24, 2.45) is 0 Å². The summed E-state index contributed by atoms with van der Waals surface area (Å²) in [6, 6.07) is 3.51. The SMILES string of the molecule is O=C(O)c1cccc(C(=O)O)c1O.OCO. The summed E-state index contributed by atoms with van der Waals surface area (Å²) in [6.45, 7) is -0.750. The number of aliphatic hydroxyl groups excluding tert-OH is 1. The molecule has 0 unspecified atom stereocenters. The van der Waals surface area contributed by atoms with Crippen LogP contribution in [0.1, 0.15) is 20.7 Å². The number of aromatic carboxylic acids is 2. The Bertz CT molecular complexity index is 353. The van der Waals surface area contributed by atoms with E-state index in [1.807, 2.05) is 0 Å². The first-order valence-electron chi connectivity index (χ1n) is 3.96. The van der Waals surface area contributed by atoms with Crippen LogP contribution in [0.15, 0.2) is 18.2 Å². The highest BCUT2D eigenvalue weighted by Crippen LogP contribution is 2.21. The summed E-state index contributed by atoms with van der Waals surface area (Å²) in [5, 5.41) is 40.5. The Morgan fingerprint density at radius 2 is 1.31 bits per heavy atom. The molecule has 88 valence electrons. The zero-order chi connectivity index (χ0) is 12.7. The minimum atomic E-state index is -1.36. The largest absolute Gasteiger partial charge is 0.506 e. The van der Waals surface area contributed by atoms with Gasteiger partial charge in [-0.3, -0.25) is 0 Å². The number of hydrogen-bond donors (Lipinski definition) is 5. The highest BCUT2D eigenvalue weighted by atomic mass is 16.5. The van der Waals surface area contributed by atoms with E-state index in [1.54, 1.807) is 0 Å². The van der Waals surface area contributed by atoms with Crippen LogP contribution in [0.4, 0.5) is 0 Å². The Kier molecular flexibility index (Phi) is 5.53. The standard InChI is InChI=1S/C8H6O5.CH4O2/c9-6-4(7(10)11)2-1-3-5(6)8(12)13;2-1-3/h1-3,9H,(H,10,11)(H,12,13);2-3H,1H2. The van der Waals surface area contributed by atoms with E-state index in [2.05, 4.69) is 0 Å². The van der Waals surface area contributed by atoms with Crippen molar-refractivity contribution >= 4 is 11.9 Å². The quantitative estimate of drug-likeness (QED) is 0.440. The normalized spacial score (nSPS) is 8.88. The monoisotopic (exact) mass is 230 g/mol. The van der Waals surface area contributed by atoms with Crippen molar-refractivity contribution in [3.05, 3.63) is 29.3 Å². The summed E-state index contributed by atoms with van der Waals surface area (Å²) >= 11 is 0. The molecule has 0 bridgehead atoms. The summed E-state index contributed by atoms with van der Waals surface area (Å²) in [7, 11) is 0. The van der Waals surface area contributed by atoms with Gasteiger partial charge >= 0.3 is 11.9 Å². The summed E-state index contributed by atoms with van der Waals surface area (Å²) < 4.78 is 0. The average Bonchev–Trinajstić information content (AvgIpc) is 2.18. The zero-order valence-electron chi connectivity index (χ0n) is 7.99. The first kappa shape index (κ1) is 13.9. The van der Waals surface area contributed by atoms with Crippen LogP contribution in [0.3, 0.4) is 0 Å². The Labute approximate surface area is 89.8 Å². The second-order valence-electron chi connectivity index (χ2n) is 2.45. The molecule has 0 atom stereocenters. The fourth-order valence-corrected chi connectivity index (χ4v) is 0.889. The van der Waals surface area contributed by atoms with Gasteiger partial charge in [-0.25, -0.2) is 9.59 Å². The maximum Gasteiger partial charge on any atom is 0.339 e. The van der Waals surface area contributed by atoms with Crippen LogP contribution in [-0.2, 0) is 0 Å². The number of phenols is 1. The van der Waals surface area contributed by atoms with Crippen LogP contribution in [0.25, 0.3) is 0 Å². The van der Waals surface area contributed by atoms with Crippen molar-refractivity contribution in [1.29, 1.82) is 0 Å². The lowest BCUT2D eigenvalue weighted by Gasteiger charge is -2.01. The van der Waals surface area contributed by atoms with E-state index in [9.17, 15) is 9.59 Å². The topological polar surface area (TPSA) is 135 Å². The lowest BCUT2D eigenvalue weighted by molar-refractivity contribution is 0.0690. The smallest absolute Gasteiger partial charge is 0.339 e. The highest BCUT2D eigenvalue weighted by molar-refractivity contribution is 5.98. The second kappa shape index (κ2) is 6.38. The molecule has 0 aliphatic rings. The van der Waals surface area contributed by atoms with Crippen molar-refractivity contribution < 1.29 is 35.1 Å². The van der Waals surface area contributed by atoms with Crippen LogP contribution >= 0.6 is 0 Å². The van der Waals surface area contributed by atoms with E-state index in [4.69, 9.17) is 25.5 Å². The molecule has 0 saturated heterocycles. The Balaban J connectivity index is 0.000000673. The molecular weight excluding hydrogens is 220 g/mol. The number of carboxylic acids is 2. The fourth-order valence-electron chi connectivity index (χ4n) is 0.889. The van der Waals surface area contributed by atoms with E-state index in [0.29, 0.717) is 0 Å². The minimum Gasteiger partial charge on any atom is -0.506 e. The Morgan fingerprint density at radius 1 is 1.00 bits per heavy atom. The van der Waals surface area contributed by atoms with Gasteiger partial charge in [0.05, 0.1) is 0 Å². The number of benzene rings is 1. The maximum atomic E-state index is 10.4. The third kappa shape index (κ3) is 3.56. The molecule has 0 aromatic heterocycles. The number of aromatic hydroxyl groups is 1. The van der Waals surface area contributed by atoms with Gasteiger partial charge < -0.3 is 25.5 Å². The van der Waals surface area contributed by atoms with Crippen LogP contribution in [0.5, 0.6) is 5.75 Å². The van der Waals surface area contributed by atoms with Gasteiger partial charge in [0.2, 0.25) is 0 Å². The minimum absolute atomic E-state index is 0.417. The van der Waals surface area contributed by atoms with Crippen molar-refractivity contribution in [3.8, 4) is 5.75 Å². The molecule has 1 rings (SSSR count). The lowest BCUT2D eigenvalue weighted by Crippen LogP contribution is -2.02. The molecule has 0 aliphatic carbocycles. The number of aliphatic hydroxyl groups is 2. The molecule has 0 aliphatic heterocycles. The third-order valence-electron chi connectivity index (χ3n) is 1.50. The summed E-state index contributed by atoms with van der Waals surface area (Å²) in [4.78, 5) is 20.9. The average molecular weight is 230 g/mol. The molecule has 0 spiro atoms. The zero-order valence-corrected chi connectivity index (χ0v) is 7.99. The van der Waals surface area contributed by atoms with E-state index in [1.165, 1.54) is 6.07 Å². The molecule has 7 nitrogen and oxygen atoms in total. The number of carbonyl (C=O) groups is 2. The van der Waals surface area contributed by atoms with E-state index < -0.39 is 35.6 Å². The van der Waals surface area contributed by atoms with Crippen molar-refractivity contribution in [3.63, 3.8) is 0 Å². The van der Waals surface area contributed by atoms with Crippen molar-refractivity contribution in [1.82, 2.24) is 0 Å². The predicted octanol–water partition coefficient (Wildman–Crippen LogP) is -0.283. The molecular formula is C9H10O7. The second-order valence-corrected chi connectivity index (χ2v) is 2.45. The highest BCUT2D eigenvalue weighted by Gasteiger charge is 2.16. The van der Waals surface area contributed by atoms with Gasteiger partial charge in [0.15, 0.2) is 0 Å². The molecule has 0 fully saturated rings. The molecule has 1 aromatic rings. The van der Waals surface area contributed by atoms with Crippen LogP contribution in [0.2, 0.25) is 0 Å². The molecule has 16 heavy (non-hydrogen) atoms. The van der Waals surface area contributed by atoms with Gasteiger partial charge in [-0.15, -0.1) is 0 Å². The first-order valence-corrected chi connectivity index (χ1v) is 3.96. The van der Waals surface area contributed by atoms with E-state index >= 15 is 0 Å². The predicted molar refractivity (Wildman–Crippen MR) is 51.3 cm³/mol. The Morgan fingerprint density at radius 3 is 1.56 bits per heavy atom. The van der Waals surface area contributed by atoms with Crippen molar-refractivity contribution in [2.75, 3.05) is 6.79 Å².